The molecule has 3 heterocycles. The zero-order valence-corrected chi connectivity index (χ0v) is 22.6. The van der Waals surface area contributed by atoms with Crippen LogP contribution in [0.3, 0.4) is 0 Å². The molecule has 3 aromatic rings. The Kier molecular flexibility index (Phi) is 8.11. The van der Waals surface area contributed by atoms with Gasteiger partial charge in [-0.3, -0.25) is 19.0 Å². The lowest BCUT2D eigenvalue weighted by atomic mass is 10.0. The van der Waals surface area contributed by atoms with E-state index in [1.807, 2.05) is 39.0 Å². The van der Waals surface area contributed by atoms with E-state index in [2.05, 4.69) is 5.32 Å². The maximum Gasteiger partial charge on any atom is 0.272 e. The van der Waals surface area contributed by atoms with E-state index >= 15 is 0 Å². The minimum atomic E-state index is -0.517. The van der Waals surface area contributed by atoms with E-state index in [0.717, 1.165) is 5.69 Å². The summed E-state index contributed by atoms with van der Waals surface area (Å²) in [6.07, 6.45) is 1.49. The number of piperidine rings is 1. The molecule has 10 heteroatoms. The second-order valence-corrected chi connectivity index (χ2v) is 9.78. The van der Waals surface area contributed by atoms with Crippen LogP contribution in [0.25, 0.3) is 16.6 Å². The van der Waals surface area contributed by atoms with E-state index in [1.165, 1.54) is 0 Å². The number of nitrogens with one attached hydrogen (secondary N) is 1. The summed E-state index contributed by atoms with van der Waals surface area (Å²) in [5.41, 5.74) is 2.15. The van der Waals surface area contributed by atoms with Gasteiger partial charge in [0.25, 0.3) is 11.5 Å². The predicted molar refractivity (Wildman–Crippen MR) is 144 cm³/mol. The molecule has 0 atom stereocenters. The number of amides is 2. The van der Waals surface area contributed by atoms with Crippen LogP contribution in [0.1, 0.15) is 49.8 Å². The minimum absolute atomic E-state index is 0.141. The van der Waals surface area contributed by atoms with Crippen molar-refractivity contribution >= 4 is 22.7 Å². The smallest absolute Gasteiger partial charge is 0.272 e. The summed E-state index contributed by atoms with van der Waals surface area (Å²) >= 11 is 0. The van der Waals surface area contributed by atoms with E-state index in [-0.39, 0.29) is 41.0 Å². The highest BCUT2D eigenvalue weighted by atomic mass is 16.5. The third-order valence-corrected chi connectivity index (χ3v) is 6.98. The van der Waals surface area contributed by atoms with Crippen LogP contribution in [0.2, 0.25) is 0 Å². The average molecular weight is 525 g/mol. The van der Waals surface area contributed by atoms with E-state index in [0.29, 0.717) is 54.7 Å². The number of likely N-dealkylation sites (tertiary alicyclic amines) is 1. The van der Waals surface area contributed by atoms with Gasteiger partial charge >= 0.3 is 0 Å². The number of fused-ring (bicyclic) bond motifs is 1. The van der Waals surface area contributed by atoms with Crippen LogP contribution >= 0.6 is 0 Å². The normalized spacial score (nSPS) is 14.2. The molecule has 0 spiro atoms. The first-order chi connectivity index (χ1) is 18.2. The molecule has 204 valence electrons. The fourth-order valence-corrected chi connectivity index (χ4v) is 5.02. The van der Waals surface area contributed by atoms with Crippen molar-refractivity contribution < 1.29 is 24.2 Å². The number of hydrogen-bond donors (Lipinski definition) is 2. The van der Waals surface area contributed by atoms with Crippen molar-refractivity contribution in [1.29, 1.82) is 0 Å². The number of pyridine rings is 1. The SMILES string of the molecule is CCc1cc2c(c(OC(C)C)c(C(=O)NC3CCN(C(=O)CO)CC3)n2C)c(=O)n1-c1ccc(OC)cc1. The van der Waals surface area contributed by atoms with Gasteiger partial charge in [-0.1, -0.05) is 6.92 Å². The molecule has 1 aliphatic heterocycles. The summed E-state index contributed by atoms with van der Waals surface area (Å²) in [6.45, 7) is 6.10. The largest absolute Gasteiger partial charge is 0.497 e. The number of aliphatic hydroxyl groups excluding tert-OH is 1. The van der Waals surface area contributed by atoms with Gasteiger partial charge in [-0.05, 0) is 63.4 Å². The second-order valence-electron chi connectivity index (χ2n) is 9.78. The Labute approximate surface area is 221 Å². The van der Waals surface area contributed by atoms with Crippen LogP contribution in [0, 0.1) is 0 Å². The maximum absolute atomic E-state index is 14.0. The molecular weight excluding hydrogens is 488 g/mol. The first-order valence-corrected chi connectivity index (χ1v) is 13.0. The van der Waals surface area contributed by atoms with Crippen molar-refractivity contribution in [3.8, 4) is 17.2 Å². The van der Waals surface area contributed by atoms with Crippen LogP contribution in [0.5, 0.6) is 11.5 Å². The number of ether oxygens (including phenoxy) is 2. The first-order valence-electron chi connectivity index (χ1n) is 13.0. The summed E-state index contributed by atoms with van der Waals surface area (Å²) < 4.78 is 14.8. The lowest BCUT2D eigenvalue weighted by Crippen LogP contribution is -2.47. The number of carbonyl (C=O) groups excluding carboxylic acids is 2. The topological polar surface area (TPSA) is 115 Å². The van der Waals surface area contributed by atoms with Crippen molar-refractivity contribution in [1.82, 2.24) is 19.4 Å². The number of nitrogens with zero attached hydrogens (tertiary/aromatic N) is 3. The Hall–Kier alpha value is -3.79. The highest BCUT2D eigenvalue weighted by molar-refractivity contribution is 6.04. The molecule has 2 amide bonds. The zero-order valence-electron chi connectivity index (χ0n) is 22.6. The minimum Gasteiger partial charge on any atom is -0.497 e. The monoisotopic (exact) mass is 524 g/mol. The van der Waals surface area contributed by atoms with E-state index in [1.54, 1.807) is 40.3 Å². The van der Waals surface area contributed by atoms with Crippen molar-refractivity contribution in [3.63, 3.8) is 0 Å². The molecular formula is C28H36N4O6. The highest BCUT2D eigenvalue weighted by Gasteiger charge is 2.30. The van der Waals surface area contributed by atoms with E-state index in [4.69, 9.17) is 14.6 Å². The Balaban J connectivity index is 1.78. The number of methoxy groups -OCH3 is 1. The standard InChI is InChI=1S/C28H36N4O6/c1-6-19-15-22-24(28(36)32(19)20-7-9-21(37-5)10-8-20)26(38-17(2)3)25(30(22)4)27(35)29-18-11-13-31(14-12-18)23(34)16-33/h7-10,15,17-18,33H,6,11-14,16H2,1-5H3,(H,29,35). The maximum atomic E-state index is 14.0. The Morgan fingerprint density at radius 2 is 1.82 bits per heavy atom. The van der Waals surface area contributed by atoms with Gasteiger partial charge in [0.15, 0.2) is 11.4 Å². The number of rotatable bonds is 8. The quantitative estimate of drug-likeness (QED) is 0.468. The summed E-state index contributed by atoms with van der Waals surface area (Å²) in [6, 6.07) is 9.07. The Bertz CT molecular complexity index is 1380. The van der Waals surface area contributed by atoms with Gasteiger partial charge in [-0.25, -0.2) is 0 Å². The molecule has 38 heavy (non-hydrogen) atoms. The number of aromatic nitrogens is 2. The number of hydrogen-bond acceptors (Lipinski definition) is 6. The van der Waals surface area contributed by atoms with Crippen LogP contribution < -0.4 is 20.3 Å². The van der Waals surface area contributed by atoms with Crippen LogP contribution in [0.4, 0.5) is 0 Å². The van der Waals surface area contributed by atoms with Gasteiger partial charge in [0, 0.05) is 37.6 Å². The summed E-state index contributed by atoms with van der Waals surface area (Å²) in [4.78, 5) is 41.0. The van der Waals surface area contributed by atoms with Crippen molar-refractivity contribution in [2.45, 2.75) is 52.2 Å². The molecule has 0 aliphatic carbocycles. The lowest BCUT2D eigenvalue weighted by molar-refractivity contribution is -0.135. The number of benzene rings is 1. The molecule has 0 radical (unpaired) electrons. The lowest BCUT2D eigenvalue weighted by Gasteiger charge is -2.32. The van der Waals surface area contributed by atoms with E-state index < -0.39 is 6.61 Å². The van der Waals surface area contributed by atoms with Crippen LogP contribution in [-0.2, 0) is 18.3 Å². The molecule has 0 bridgehead atoms. The third-order valence-electron chi connectivity index (χ3n) is 6.98. The van der Waals surface area contributed by atoms with Crippen LogP contribution in [-0.4, -0.2) is 69.9 Å². The molecule has 1 fully saturated rings. The van der Waals surface area contributed by atoms with Gasteiger partial charge in [0.05, 0.1) is 18.7 Å². The molecule has 2 N–H and O–H groups in total. The molecule has 1 saturated heterocycles. The van der Waals surface area contributed by atoms with Gasteiger partial charge in [0.2, 0.25) is 5.91 Å². The first kappa shape index (κ1) is 27.3. The number of carbonyl (C=O) groups is 2. The van der Waals surface area contributed by atoms with Gasteiger partial charge in [0.1, 0.15) is 17.7 Å². The number of aryl methyl sites for hydroxylation is 2. The van der Waals surface area contributed by atoms with Crippen molar-refractivity contribution in [3.05, 3.63) is 52.1 Å². The molecule has 10 nitrogen and oxygen atoms in total. The highest BCUT2D eigenvalue weighted by Crippen LogP contribution is 2.33. The Morgan fingerprint density at radius 1 is 1.16 bits per heavy atom. The van der Waals surface area contributed by atoms with Crippen molar-refractivity contribution in [2.75, 3.05) is 26.8 Å². The zero-order chi connectivity index (χ0) is 27.6. The van der Waals surface area contributed by atoms with Crippen molar-refractivity contribution in [2.24, 2.45) is 7.05 Å². The number of aliphatic hydroxyl groups is 1. The fraction of sp³-hybridized carbons (Fsp3) is 0.464. The van der Waals surface area contributed by atoms with Gasteiger partial charge in [-0.2, -0.15) is 0 Å². The molecule has 4 rings (SSSR count). The molecule has 0 unspecified atom stereocenters. The van der Waals surface area contributed by atoms with Gasteiger partial charge < -0.3 is 29.4 Å². The molecule has 2 aromatic heterocycles. The third kappa shape index (κ3) is 5.13. The van der Waals surface area contributed by atoms with E-state index in [9.17, 15) is 14.4 Å². The molecule has 1 aliphatic rings. The predicted octanol–water partition coefficient (Wildman–Crippen LogP) is 2.40. The summed E-state index contributed by atoms with van der Waals surface area (Å²) in [5, 5.41) is 12.5. The Morgan fingerprint density at radius 3 is 2.37 bits per heavy atom. The molecule has 1 aromatic carbocycles. The second kappa shape index (κ2) is 11.3. The van der Waals surface area contributed by atoms with Crippen LogP contribution in [0.15, 0.2) is 35.1 Å². The fourth-order valence-electron chi connectivity index (χ4n) is 5.02. The van der Waals surface area contributed by atoms with Gasteiger partial charge in [-0.15, -0.1) is 0 Å². The molecule has 0 saturated carbocycles. The summed E-state index contributed by atoms with van der Waals surface area (Å²) in [7, 11) is 3.36. The summed E-state index contributed by atoms with van der Waals surface area (Å²) in [5.74, 6) is 0.309. The average Bonchev–Trinajstić information content (AvgIpc) is 3.19.